The molecule has 0 fully saturated rings. The van der Waals surface area contributed by atoms with Crippen molar-refractivity contribution in [3.8, 4) is 0 Å². The van der Waals surface area contributed by atoms with Gasteiger partial charge in [-0.05, 0) is 26.3 Å². The summed E-state index contributed by atoms with van der Waals surface area (Å²) >= 11 is 0. The van der Waals surface area contributed by atoms with Gasteiger partial charge < -0.3 is 10.3 Å². The summed E-state index contributed by atoms with van der Waals surface area (Å²) in [6.07, 6.45) is 1.84. The number of para-hydroxylation sites is 1. The van der Waals surface area contributed by atoms with Crippen LogP contribution in [0.4, 0.5) is 0 Å². The van der Waals surface area contributed by atoms with Crippen LogP contribution in [0.1, 0.15) is 42.7 Å². The maximum absolute atomic E-state index is 12.3. The molecule has 2 aromatic rings. The summed E-state index contributed by atoms with van der Waals surface area (Å²) in [6.45, 7) is 5.78. The molecule has 2 rings (SSSR count). The normalized spacial score (nSPS) is 12.3. The van der Waals surface area contributed by atoms with Crippen molar-refractivity contribution in [1.29, 1.82) is 0 Å². The van der Waals surface area contributed by atoms with Gasteiger partial charge in [-0.2, -0.15) is 0 Å². The van der Waals surface area contributed by atoms with Crippen LogP contribution in [0.3, 0.4) is 0 Å². The first-order valence-corrected chi connectivity index (χ1v) is 6.97. The van der Waals surface area contributed by atoms with Gasteiger partial charge in [0.25, 0.3) is 11.7 Å². The number of amides is 1. The molecule has 1 heterocycles. The van der Waals surface area contributed by atoms with Crippen molar-refractivity contribution in [1.82, 2.24) is 10.3 Å². The van der Waals surface area contributed by atoms with Gasteiger partial charge in [0.15, 0.2) is 0 Å². The van der Waals surface area contributed by atoms with Crippen molar-refractivity contribution in [2.75, 3.05) is 0 Å². The number of fused-ring (bicyclic) bond motifs is 1. The van der Waals surface area contributed by atoms with Crippen molar-refractivity contribution < 1.29 is 9.59 Å². The molecule has 0 radical (unpaired) electrons. The number of hydrogen-bond acceptors (Lipinski definition) is 2. The van der Waals surface area contributed by atoms with Crippen LogP contribution in [-0.2, 0) is 4.79 Å². The molecule has 1 atom stereocenters. The molecule has 20 heavy (non-hydrogen) atoms. The lowest BCUT2D eigenvalue weighted by Gasteiger charge is -2.11. The number of aryl methyl sites for hydroxylation is 1. The molecule has 0 saturated carbocycles. The van der Waals surface area contributed by atoms with Crippen LogP contribution >= 0.6 is 0 Å². The number of H-pyrrole nitrogens is 1. The smallest absolute Gasteiger partial charge is 0.292 e. The number of nitrogens with one attached hydrogen (secondary N) is 2. The quantitative estimate of drug-likeness (QED) is 0.649. The molecule has 0 aliphatic heterocycles. The second-order valence-electron chi connectivity index (χ2n) is 5.16. The lowest BCUT2D eigenvalue weighted by molar-refractivity contribution is -0.117. The first-order chi connectivity index (χ1) is 9.54. The molecule has 1 aromatic carbocycles. The molecule has 4 nitrogen and oxygen atoms in total. The predicted molar refractivity (Wildman–Crippen MR) is 79.9 cm³/mol. The highest BCUT2D eigenvalue weighted by Crippen LogP contribution is 2.22. The first kappa shape index (κ1) is 14.3. The first-order valence-electron chi connectivity index (χ1n) is 6.97. The van der Waals surface area contributed by atoms with Crippen LogP contribution in [-0.4, -0.2) is 22.7 Å². The fourth-order valence-electron chi connectivity index (χ4n) is 2.48. The lowest BCUT2D eigenvalue weighted by atomic mass is 10.1. The van der Waals surface area contributed by atoms with Crippen molar-refractivity contribution in [2.45, 2.75) is 39.7 Å². The second-order valence-corrected chi connectivity index (χ2v) is 5.16. The number of carbonyl (C=O) groups excluding carboxylic acids is 2. The van der Waals surface area contributed by atoms with Crippen LogP contribution < -0.4 is 5.32 Å². The number of hydrogen-bond donors (Lipinski definition) is 2. The monoisotopic (exact) mass is 272 g/mol. The van der Waals surface area contributed by atoms with Gasteiger partial charge in [-0.1, -0.05) is 31.5 Å². The molecule has 4 heteroatoms. The third kappa shape index (κ3) is 2.74. The van der Waals surface area contributed by atoms with Crippen LogP contribution in [0.25, 0.3) is 10.9 Å². The van der Waals surface area contributed by atoms with Crippen molar-refractivity contribution in [2.24, 2.45) is 0 Å². The van der Waals surface area contributed by atoms with Crippen molar-refractivity contribution in [3.05, 3.63) is 35.5 Å². The summed E-state index contributed by atoms with van der Waals surface area (Å²) in [5.41, 5.74) is 2.08. The number of carbonyl (C=O) groups is 2. The van der Waals surface area contributed by atoms with Gasteiger partial charge in [-0.15, -0.1) is 0 Å². The number of Topliss-reactive ketones (excluding diaryl/α,β-unsaturated/α-hetero) is 1. The van der Waals surface area contributed by atoms with E-state index in [9.17, 15) is 9.59 Å². The van der Waals surface area contributed by atoms with Crippen LogP contribution in [0.2, 0.25) is 0 Å². The van der Waals surface area contributed by atoms with Crippen LogP contribution in [0, 0.1) is 6.92 Å². The Kier molecular flexibility index (Phi) is 4.23. The van der Waals surface area contributed by atoms with E-state index in [0.717, 1.165) is 29.4 Å². The Balaban J connectivity index is 2.27. The van der Waals surface area contributed by atoms with Gasteiger partial charge in [-0.3, -0.25) is 9.59 Å². The number of ketones is 1. The maximum Gasteiger partial charge on any atom is 0.292 e. The van der Waals surface area contributed by atoms with Gasteiger partial charge in [0, 0.05) is 22.6 Å². The van der Waals surface area contributed by atoms with Gasteiger partial charge in [-0.25, -0.2) is 0 Å². The van der Waals surface area contributed by atoms with Crippen molar-refractivity contribution in [3.63, 3.8) is 0 Å². The van der Waals surface area contributed by atoms with E-state index in [0.29, 0.717) is 5.56 Å². The van der Waals surface area contributed by atoms with Gasteiger partial charge in [0.05, 0.1) is 5.56 Å². The van der Waals surface area contributed by atoms with Crippen LogP contribution in [0.15, 0.2) is 24.3 Å². The SMILES string of the molecule is CCCC(C)NC(=O)C(=O)c1c(C)[nH]c2ccccc12. The molecule has 1 aromatic heterocycles. The highest BCUT2D eigenvalue weighted by Gasteiger charge is 2.23. The zero-order chi connectivity index (χ0) is 14.7. The van der Waals surface area contributed by atoms with E-state index in [1.54, 1.807) is 0 Å². The van der Waals surface area contributed by atoms with Gasteiger partial charge >= 0.3 is 0 Å². The molecule has 0 bridgehead atoms. The summed E-state index contributed by atoms with van der Waals surface area (Å²) < 4.78 is 0. The predicted octanol–water partition coefficient (Wildman–Crippen LogP) is 2.96. The Morgan fingerprint density at radius 3 is 2.70 bits per heavy atom. The van der Waals surface area contributed by atoms with E-state index in [-0.39, 0.29) is 6.04 Å². The molecule has 0 aliphatic carbocycles. The second kappa shape index (κ2) is 5.90. The van der Waals surface area contributed by atoms with E-state index in [4.69, 9.17) is 0 Å². The Morgan fingerprint density at radius 1 is 1.30 bits per heavy atom. The average molecular weight is 272 g/mol. The fraction of sp³-hybridized carbons (Fsp3) is 0.375. The number of aromatic amines is 1. The molecule has 1 amide bonds. The third-order valence-corrected chi connectivity index (χ3v) is 3.43. The topological polar surface area (TPSA) is 62.0 Å². The molecule has 0 spiro atoms. The standard InChI is InChI=1S/C16H20N2O2/c1-4-7-10(2)17-16(20)15(19)14-11(3)18-13-9-6-5-8-12(13)14/h5-6,8-10,18H,4,7H2,1-3H3,(H,17,20). The minimum Gasteiger partial charge on any atom is -0.358 e. The molecular formula is C16H20N2O2. The summed E-state index contributed by atoms with van der Waals surface area (Å²) in [7, 11) is 0. The Hall–Kier alpha value is -2.10. The number of rotatable bonds is 5. The minimum atomic E-state index is -0.529. The minimum absolute atomic E-state index is 0.0157. The third-order valence-electron chi connectivity index (χ3n) is 3.43. The average Bonchev–Trinajstić information content (AvgIpc) is 2.73. The zero-order valence-electron chi connectivity index (χ0n) is 12.1. The number of aromatic nitrogens is 1. The zero-order valence-corrected chi connectivity index (χ0v) is 12.1. The highest BCUT2D eigenvalue weighted by molar-refractivity contribution is 6.45. The summed E-state index contributed by atoms with van der Waals surface area (Å²) in [5.74, 6) is -0.998. The Morgan fingerprint density at radius 2 is 2.00 bits per heavy atom. The molecular weight excluding hydrogens is 252 g/mol. The largest absolute Gasteiger partial charge is 0.358 e. The Bertz CT molecular complexity index is 643. The molecule has 106 valence electrons. The summed E-state index contributed by atoms with van der Waals surface area (Å²) in [5, 5.41) is 3.56. The fourth-order valence-corrected chi connectivity index (χ4v) is 2.48. The van der Waals surface area contributed by atoms with E-state index < -0.39 is 11.7 Å². The molecule has 1 unspecified atom stereocenters. The molecule has 0 saturated heterocycles. The maximum atomic E-state index is 12.3. The van der Waals surface area contributed by atoms with E-state index in [1.807, 2.05) is 45.0 Å². The number of benzene rings is 1. The lowest BCUT2D eigenvalue weighted by Crippen LogP contribution is -2.37. The summed E-state index contributed by atoms with van der Waals surface area (Å²) in [4.78, 5) is 27.5. The van der Waals surface area contributed by atoms with E-state index in [1.165, 1.54) is 0 Å². The van der Waals surface area contributed by atoms with E-state index in [2.05, 4.69) is 10.3 Å². The molecule has 0 aliphatic rings. The van der Waals surface area contributed by atoms with Crippen LogP contribution in [0.5, 0.6) is 0 Å². The van der Waals surface area contributed by atoms with E-state index >= 15 is 0 Å². The summed E-state index contributed by atoms with van der Waals surface area (Å²) in [6, 6.07) is 7.54. The highest BCUT2D eigenvalue weighted by atomic mass is 16.2. The van der Waals surface area contributed by atoms with Crippen molar-refractivity contribution >= 4 is 22.6 Å². The molecule has 2 N–H and O–H groups in total. The van der Waals surface area contributed by atoms with Gasteiger partial charge in [0.1, 0.15) is 0 Å². The Labute approximate surface area is 118 Å². The van der Waals surface area contributed by atoms with Gasteiger partial charge in [0.2, 0.25) is 0 Å².